The number of nitrogens with one attached hydrogen (secondary N) is 5. The highest BCUT2D eigenvalue weighted by molar-refractivity contribution is 6.12. The van der Waals surface area contributed by atoms with E-state index in [0.717, 1.165) is 52.5 Å². The summed E-state index contributed by atoms with van der Waals surface area (Å²) in [5.41, 5.74) is 12.4. The Morgan fingerprint density at radius 1 is 0.762 bits per heavy atom. The summed E-state index contributed by atoms with van der Waals surface area (Å²) in [6.45, 7) is 6.85. The maximum Gasteiger partial charge on any atom is 0.407 e. The fourth-order valence-electron chi connectivity index (χ4n) is 8.52. The molecule has 0 aliphatic carbocycles. The first kappa shape index (κ1) is 59.3. The molecule has 7 rings (SSSR count). The number of ether oxygens (including phenoxy) is 6. The van der Waals surface area contributed by atoms with Gasteiger partial charge in [0.1, 0.15) is 31.0 Å². The average molecular weight is 1110 g/mol. The summed E-state index contributed by atoms with van der Waals surface area (Å²) in [6, 6.07) is 15.5. The summed E-state index contributed by atoms with van der Waals surface area (Å²) in [6.07, 6.45) is 7.40. The number of alkyl carbamates (subject to hydrolysis) is 1. The largest absolute Gasteiger partial charge is 0.475 e. The molecule has 80 heavy (non-hydrogen) atoms. The number of urea groups is 1. The number of nitrogens with zero attached hydrogens (tertiary/aromatic N) is 6. The van der Waals surface area contributed by atoms with Gasteiger partial charge in [0.25, 0.3) is 11.8 Å². The molecule has 2 aliphatic rings. The number of aryl methyl sites for hydroxylation is 1. The number of carbonyl (C=O) groups is 7. The quantitative estimate of drug-likeness (QED) is 0.0260. The number of anilines is 1. The van der Waals surface area contributed by atoms with Gasteiger partial charge in [-0.1, -0.05) is 38.1 Å². The lowest BCUT2D eigenvalue weighted by molar-refractivity contribution is -0.137. The molecule has 7 N–H and O–H groups in total. The van der Waals surface area contributed by atoms with Crippen molar-refractivity contribution in [3.05, 3.63) is 96.5 Å². The third-order valence-electron chi connectivity index (χ3n) is 12.6. The van der Waals surface area contributed by atoms with Crippen LogP contribution in [-0.4, -0.2) is 162 Å². The van der Waals surface area contributed by atoms with Crippen molar-refractivity contribution in [2.45, 2.75) is 71.2 Å². The highest BCUT2D eigenvalue weighted by atomic mass is 16.6. The lowest BCUT2D eigenvalue weighted by atomic mass is 9.99. The van der Waals surface area contributed by atoms with Crippen LogP contribution in [0.2, 0.25) is 0 Å². The van der Waals surface area contributed by atoms with Gasteiger partial charge in [0.05, 0.1) is 88.9 Å². The zero-order valence-corrected chi connectivity index (χ0v) is 44.8. The Balaban J connectivity index is 0.784. The van der Waals surface area contributed by atoms with E-state index in [1.165, 1.54) is 18.3 Å². The van der Waals surface area contributed by atoms with Crippen LogP contribution in [0.25, 0.3) is 33.5 Å². The maximum absolute atomic E-state index is 13.6. The molecule has 0 fully saturated rings. The molecular formula is C55H68N12O13. The second-order valence-electron chi connectivity index (χ2n) is 18.8. The van der Waals surface area contributed by atoms with Crippen LogP contribution < -0.4 is 37.1 Å². The van der Waals surface area contributed by atoms with Crippen LogP contribution in [0, 0.1) is 5.92 Å². The number of hydrogen-bond donors (Lipinski definition) is 6. The molecule has 5 aromatic rings. The van der Waals surface area contributed by atoms with E-state index in [0.29, 0.717) is 61.0 Å². The van der Waals surface area contributed by atoms with E-state index in [-0.39, 0.29) is 89.8 Å². The van der Waals surface area contributed by atoms with E-state index in [2.05, 4.69) is 41.2 Å². The smallest absolute Gasteiger partial charge is 0.407 e. The van der Waals surface area contributed by atoms with E-state index in [4.69, 9.17) is 44.2 Å². The number of hydrogen-bond acceptors (Lipinski definition) is 17. The molecule has 0 unspecified atom stereocenters. The van der Waals surface area contributed by atoms with E-state index >= 15 is 0 Å². The Labute approximate surface area is 462 Å². The SMILES string of the molecule is CC(C)[C@H](NC(=O)CCOCCOCCOCCOCCN1C(=O)C=CC1=O)C(=O)N[C@@H](CCCNC(N)=O)C(=O)Nc1ccc(COC(=O)NCCOc2cnc3ccc(-c4c(-c5ccccn5)nn5c4CCC5)cc3n2)cc1. The van der Waals surface area contributed by atoms with Gasteiger partial charge in [0, 0.05) is 54.8 Å². The Morgan fingerprint density at radius 2 is 1.49 bits per heavy atom. The van der Waals surface area contributed by atoms with Crippen molar-refractivity contribution in [3.8, 4) is 28.4 Å². The molecule has 0 saturated carbocycles. The van der Waals surface area contributed by atoms with Crippen molar-refractivity contribution >= 4 is 58.4 Å². The number of carbonyl (C=O) groups excluding carboxylic acids is 7. The second-order valence-corrected chi connectivity index (χ2v) is 18.8. The molecule has 5 heterocycles. The van der Waals surface area contributed by atoms with Gasteiger partial charge in [-0.25, -0.2) is 19.6 Å². The molecule has 8 amide bonds. The number of nitrogens with two attached hydrogens (primary N) is 1. The molecule has 426 valence electrons. The van der Waals surface area contributed by atoms with Gasteiger partial charge < -0.3 is 60.7 Å². The van der Waals surface area contributed by atoms with Crippen molar-refractivity contribution in [2.75, 3.05) is 84.4 Å². The number of benzene rings is 2. The van der Waals surface area contributed by atoms with Crippen LogP contribution in [-0.2, 0) is 67.2 Å². The number of rotatable bonds is 33. The van der Waals surface area contributed by atoms with Crippen LogP contribution in [0.4, 0.5) is 15.3 Å². The fraction of sp³-hybridized carbons (Fsp3) is 0.436. The van der Waals surface area contributed by atoms with Gasteiger partial charge in [0.15, 0.2) is 0 Å². The molecule has 0 radical (unpaired) electrons. The standard InChI is InChI=1S/C55H68N12O13/c1-36(2)50(64-45(68)18-24-75-27-29-77-31-32-78-30-28-76-26-23-66-47(69)16-17-48(66)70)53(72)63-42(8-5-20-58-54(56)73)52(71)61-39-13-10-37(11-14-39)35-80-55(74)59-21-25-79-46-34-60-40-15-12-38(33-43(40)62-46)49-44-9-6-22-67(44)65-51(49)41-7-3-4-19-57-41/h3-4,7,10-17,19,33-34,36,42,50H,5-6,8-9,18,20-32,35H2,1-2H3,(H,59,74)(H,61,71)(H,63,72)(H,64,68)(H3,56,58,73)/t42-,50-/m0/s1. The van der Waals surface area contributed by atoms with E-state index in [9.17, 15) is 33.6 Å². The van der Waals surface area contributed by atoms with Crippen LogP contribution in [0.1, 0.15) is 50.8 Å². The van der Waals surface area contributed by atoms with Gasteiger partial charge in [-0.15, -0.1) is 0 Å². The molecule has 0 saturated heterocycles. The lowest BCUT2D eigenvalue weighted by Gasteiger charge is -2.25. The molecule has 2 aliphatic heterocycles. The summed E-state index contributed by atoms with van der Waals surface area (Å²) < 4.78 is 35.1. The van der Waals surface area contributed by atoms with Gasteiger partial charge in [-0.3, -0.25) is 38.5 Å². The molecule has 0 spiro atoms. The van der Waals surface area contributed by atoms with Crippen molar-refractivity contribution in [1.29, 1.82) is 0 Å². The van der Waals surface area contributed by atoms with Gasteiger partial charge >= 0.3 is 12.1 Å². The Bertz CT molecular complexity index is 2920. The molecule has 2 aromatic carbocycles. The van der Waals surface area contributed by atoms with Gasteiger partial charge in [-0.05, 0) is 79.1 Å². The second kappa shape index (κ2) is 30.7. The molecule has 2 atom stereocenters. The van der Waals surface area contributed by atoms with Crippen LogP contribution in [0.3, 0.4) is 0 Å². The third kappa shape index (κ3) is 18.1. The minimum absolute atomic E-state index is 0.0324. The fourth-order valence-corrected chi connectivity index (χ4v) is 8.52. The number of amides is 8. The lowest BCUT2D eigenvalue weighted by Crippen LogP contribution is -2.54. The van der Waals surface area contributed by atoms with Crippen LogP contribution in [0.5, 0.6) is 5.88 Å². The summed E-state index contributed by atoms with van der Waals surface area (Å²) in [5, 5.41) is 18.3. The Hall–Kier alpha value is -8.39. The van der Waals surface area contributed by atoms with Gasteiger partial charge in [-0.2, -0.15) is 5.10 Å². The molecule has 0 bridgehead atoms. The summed E-state index contributed by atoms with van der Waals surface area (Å²) in [7, 11) is 0. The average Bonchev–Trinajstić information content (AvgIpc) is 4.16. The van der Waals surface area contributed by atoms with Crippen molar-refractivity contribution in [1.82, 2.24) is 50.9 Å². The highest BCUT2D eigenvalue weighted by Crippen LogP contribution is 2.37. The number of pyridine rings is 1. The molecule has 25 nitrogen and oxygen atoms in total. The molecule has 3 aromatic heterocycles. The minimum Gasteiger partial charge on any atom is -0.475 e. The van der Waals surface area contributed by atoms with Crippen LogP contribution >= 0.6 is 0 Å². The number of aromatic nitrogens is 5. The van der Waals surface area contributed by atoms with Crippen molar-refractivity contribution < 1.29 is 62.0 Å². The highest BCUT2D eigenvalue weighted by Gasteiger charge is 2.30. The zero-order valence-electron chi connectivity index (χ0n) is 44.8. The predicted octanol–water partition coefficient (Wildman–Crippen LogP) is 3.20. The predicted molar refractivity (Wildman–Crippen MR) is 290 cm³/mol. The minimum atomic E-state index is -1.06. The molecule has 25 heteroatoms. The third-order valence-corrected chi connectivity index (χ3v) is 12.6. The van der Waals surface area contributed by atoms with Gasteiger partial charge in [0.2, 0.25) is 23.6 Å². The van der Waals surface area contributed by atoms with Crippen molar-refractivity contribution in [3.63, 3.8) is 0 Å². The Kier molecular flexibility index (Phi) is 22.7. The number of primary amides is 1. The van der Waals surface area contributed by atoms with E-state index < -0.39 is 41.9 Å². The first-order valence-corrected chi connectivity index (χ1v) is 26.5. The normalized spacial score (nSPS) is 13.5. The van der Waals surface area contributed by atoms with E-state index in [1.807, 2.05) is 36.4 Å². The monoisotopic (exact) mass is 1100 g/mol. The summed E-state index contributed by atoms with van der Waals surface area (Å²) in [5.74, 6) is -2.31. The number of imide groups is 1. The topological polar surface area (TPSA) is 321 Å². The maximum atomic E-state index is 13.6. The summed E-state index contributed by atoms with van der Waals surface area (Å²) >= 11 is 0. The van der Waals surface area contributed by atoms with Crippen LogP contribution in [0.15, 0.2) is 85.2 Å². The summed E-state index contributed by atoms with van der Waals surface area (Å²) in [4.78, 5) is 102. The zero-order chi connectivity index (χ0) is 56.6. The molecular weight excluding hydrogens is 1040 g/mol. The Morgan fingerprint density at radius 3 is 2.19 bits per heavy atom. The number of fused-ring (bicyclic) bond motifs is 2. The van der Waals surface area contributed by atoms with E-state index in [1.54, 1.807) is 44.3 Å². The first-order chi connectivity index (χ1) is 38.8. The van der Waals surface area contributed by atoms with Crippen molar-refractivity contribution in [2.24, 2.45) is 11.7 Å². The first-order valence-electron chi connectivity index (χ1n) is 26.5.